The molecule has 1 saturated carbocycles. The van der Waals surface area contributed by atoms with Gasteiger partial charge in [-0.3, -0.25) is 4.79 Å². The van der Waals surface area contributed by atoms with Gasteiger partial charge in [0.15, 0.2) is 11.7 Å². The molecule has 0 heterocycles. The predicted molar refractivity (Wildman–Crippen MR) is 96.7 cm³/mol. The van der Waals surface area contributed by atoms with Crippen molar-refractivity contribution in [3.63, 3.8) is 0 Å². The van der Waals surface area contributed by atoms with E-state index < -0.39 is 5.97 Å². The molecule has 0 saturated heterocycles. The van der Waals surface area contributed by atoms with Crippen LogP contribution < -0.4 is 20.9 Å². The summed E-state index contributed by atoms with van der Waals surface area (Å²) in [5, 5.41) is 0.224. The Labute approximate surface area is 154 Å². The largest absolute Gasteiger partial charge is 0.426 e. The van der Waals surface area contributed by atoms with Crippen molar-refractivity contribution in [1.82, 2.24) is 0 Å². The van der Waals surface area contributed by atoms with Crippen LogP contribution in [0.4, 0.5) is 5.69 Å². The van der Waals surface area contributed by atoms with Crippen molar-refractivity contribution >= 4 is 35.2 Å². The lowest BCUT2D eigenvalue weighted by Crippen LogP contribution is -2.21. The maximum Gasteiger partial charge on any atom is 0.343 e. The summed E-state index contributed by atoms with van der Waals surface area (Å²) in [5.74, 6) is -0.651. The highest BCUT2D eigenvalue weighted by atomic mass is 35.5. The number of benzene rings is 2. The van der Waals surface area contributed by atoms with Crippen LogP contribution in [0.3, 0.4) is 0 Å². The fourth-order valence-electron chi connectivity index (χ4n) is 2.12. The molecule has 8 heteroatoms. The summed E-state index contributed by atoms with van der Waals surface area (Å²) in [6.07, 6.45) is 1.67. The van der Waals surface area contributed by atoms with Gasteiger partial charge in [0.05, 0.1) is 22.2 Å². The van der Waals surface area contributed by atoms with Crippen molar-refractivity contribution in [3.8, 4) is 11.5 Å². The van der Waals surface area contributed by atoms with Gasteiger partial charge in [-0.25, -0.2) is 9.79 Å². The number of ether oxygens (including phenoxy) is 2. The summed E-state index contributed by atoms with van der Waals surface area (Å²) in [7, 11) is 0. The molecule has 0 spiro atoms. The van der Waals surface area contributed by atoms with Crippen LogP contribution in [0.15, 0.2) is 47.5 Å². The number of guanidine groups is 1. The lowest BCUT2D eigenvalue weighted by Gasteiger charge is -2.09. The first kappa shape index (κ1) is 17.8. The number of nitrogens with two attached hydrogens (primary N) is 2. The first-order chi connectivity index (χ1) is 12.4. The highest BCUT2D eigenvalue weighted by molar-refractivity contribution is 6.32. The predicted octanol–water partition coefficient (Wildman–Crippen LogP) is 2.78. The van der Waals surface area contributed by atoms with Gasteiger partial charge in [-0.2, -0.15) is 0 Å². The van der Waals surface area contributed by atoms with Gasteiger partial charge in [0.1, 0.15) is 5.75 Å². The molecule has 2 aromatic carbocycles. The highest BCUT2D eigenvalue weighted by Crippen LogP contribution is 2.33. The zero-order chi connectivity index (χ0) is 18.7. The molecule has 0 atom stereocenters. The second-order valence-electron chi connectivity index (χ2n) is 5.76. The number of nitrogens with zero attached hydrogens (tertiary/aromatic N) is 1. The van der Waals surface area contributed by atoms with E-state index in [2.05, 4.69) is 4.99 Å². The summed E-state index contributed by atoms with van der Waals surface area (Å²) in [4.78, 5) is 27.9. The van der Waals surface area contributed by atoms with Crippen LogP contribution in [0.2, 0.25) is 5.02 Å². The molecule has 1 aliphatic carbocycles. The Kier molecular flexibility index (Phi) is 5.09. The normalized spacial score (nSPS) is 13.0. The zero-order valence-corrected chi connectivity index (χ0v) is 14.4. The fourth-order valence-corrected chi connectivity index (χ4v) is 2.28. The Balaban J connectivity index is 1.71. The summed E-state index contributed by atoms with van der Waals surface area (Å²) in [5.41, 5.74) is 11.4. The molecule has 1 aliphatic rings. The molecule has 0 amide bonds. The number of hydrogen-bond acceptors (Lipinski definition) is 5. The van der Waals surface area contributed by atoms with Crippen LogP contribution in [-0.4, -0.2) is 17.9 Å². The third-order valence-electron chi connectivity index (χ3n) is 3.60. The van der Waals surface area contributed by atoms with E-state index in [0.717, 1.165) is 12.8 Å². The molecule has 0 radical (unpaired) electrons. The van der Waals surface area contributed by atoms with Gasteiger partial charge in [0.2, 0.25) is 0 Å². The average molecular weight is 374 g/mol. The van der Waals surface area contributed by atoms with Crippen LogP contribution in [-0.2, 0) is 4.79 Å². The first-order valence-electron chi connectivity index (χ1n) is 7.85. The number of aliphatic imine (C=N–C) groups is 1. The molecule has 0 aromatic heterocycles. The minimum Gasteiger partial charge on any atom is -0.426 e. The van der Waals surface area contributed by atoms with Gasteiger partial charge < -0.3 is 20.9 Å². The third kappa shape index (κ3) is 4.52. The topological polar surface area (TPSA) is 117 Å². The Morgan fingerprint density at radius 3 is 2.35 bits per heavy atom. The molecule has 0 unspecified atom stereocenters. The summed E-state index contributed by atoms with van der Waals surface area (Å²) < 4.78 is 10.5. The maximum atomic E-state index is 12.3. The monoisotopic (exact) mass is 373 g/mol. The number of halogens is 1. The Morgan fingerprint density at radius 2 is 1.73 bits per heavy atom. The van der Waals surface area contributed by atoms with Crippen molar-refractivity contribution in [3.05, 3.63) is 53.1 Å². The SMILES string of the molecule is NC(N)=Nc1ccc(C(=O)Oc2cc(OC(=O)C3CC3)ccc2Cl)cc1. The van der Waals surface area contributed by atoms with Crippen LogP contribution in [0, 0.1) is 5.92 Å². The molecule has 2 aromatic rings. The third-order valence-corrected chi connectivity index (χ3v) is 3.91. The summed E-state index contributed by atoms with van der Waals surface area (Å²) in [6.45, 7) is 0. The minimum atomic E-state index is -0.617. The lowest BCUT2D eigenvalue weighted by molar-refractivity contribution is -0.135. The number of hydrogen-bond donors (Lipinski definition) is 2. The number of esters is 2. The molecule has 0 aliphatic heterocycles. The van der Waals surface area contributed by atoms with E-state index in [4.69, 9.17) is 32.5 Å². The summed E-state index contributed by atoms with van der Waals surface area (Å²) >= 11 is 6.06. The molecule has 3 rings (SSSR count). The van der Waals surface area contributed by atoms with E-state index in [9.17, 15) is 9.59 Å². The maximum absolute atomic E-state index is 12.3. The standard InChI is InChI=1S/C18H16ClN3O4/c19-14-8-7-13(25-16(23)10-1-2-10)9-15(14)26-17(24)11-3-5-12(6-4-11)22-18(20)21/h3-10H,1-2H2,(H4,20,21,22). The number of carbonyl (C=O) groups is 2. The number of carbonyl (C=O) groups excluding carboxylic acids is 2. The molecule has 134 valence electrons. The van der Waals surface area contributed by atoms with Gasteiger partial charge in [-0.05, 0) is 49.2 Å². The van der Waals surface area contributed by atoms with E-state index in [-0.39, 0.29) is 39.9 Å². The molecule has 0 bridgehead atoms. The van der Waals surface area contributed by atoms with Crippen LogP contribution in [0.25, 0.3) is 0 Å². The minimum absolute atomic E-state index is 0.0413. The van der Waals surface area contributed by atoms with E-state index in [1.165, 1.54) is 24.3 Å². The Hall–Kier alpha value is -3.06. The zero-order valence-electron chi connectivity index (χ0n) is 13.6. The van der Waals surface area contributed by atoms with Gasteiger partial charge in [0.25, 0.3) is 0 Å². The second kappa shape index (κ2) is 7.45. The van der Waals surface area contributed by atoms with Gasteiger partial charge >= 0.3 is 11.9 Å². The Bertz CT molecular complexity index is 873. The highest BCUT2D eigenvalue weighted by Gasteiger charge is 2.31. The van der Waals surface area contributed by atoms with Gasteiger partial charge in [-0.1, -0.05) is 11.6 Å². The van der Waals surface area contributed by atoms with Crippen LogP contribution in [0.1, 0.15) is 23.2 Å². The first-order valence-corrected chi connectivity index (χ1v) is 8.23. The number of rotatable bonds is 5. The van der Waals surface area contributed by atoms with Crippen LogP contribution >= 0.6 is 11.6 Å². The average Bonchev–Trinajstić information content (AvgIpc) is 3.43. The molecule has 7 nitrogen and oxygen atoms in total. The quantitative estimate of drug-likeness (QED) is 0.360. The van der Waals surface area contributed by atoms with Crippen molar-refractivity contribution < 1.29 is 19.1 Å². The molecule has 4 N–H and O–H groups in total. The Morgan fingerprint density at radius 1 is 1.04 bits per heavy atom. The van der Waals surface area contributed by atoms with Crippen molar-refractivity contribution in [2.75, 3.05) is 0 Å². The van der Waals surface area contributed by atoms with Gasteiger partial charge in [-0.15, -0.1) is 0 Å². The molecular weight excluding hydrogens is 358 g/mol. The second-order valence-corrected chi connectivity index (χ2v) is 6.17. The van der Waals surface area contributed by atoms with Crippen molar-refractivity contribution in [2.45, 2.75) is 12.8 Å². The van der Waals surface area contributed by atoms with E-state index in [1.54, 1.807) is 18.2 Å². The van der Waals surface area contributed by atoms with Crippen LogP contribution in [0.5, 0.6) is 11.5 Å². The van der Waals surface area contributed by atoms with E-state index in [0.29, 0.717) is 5.69 Å². The molecular formula is C18H16ClN3O4. The smallest absolute Gasteiger partial charge is 0.343 e. The molecule has 1 fully saturated rings. The van der Waals surface area contributed by atoms with Crippen molar-refractivity contribution in [1.29, 1.82) is 0 Å². The van der Waals surface area contributed by atoms with E-state index in [1.807, 2.05) is 0 Å². The van der Waals surface area contributed by atoms with E-state index >= 15 is 0 Å². The molecule has 26 heavy (non-hydrogen) atoms. The lowest BCUT2D eigenvalue weighted by atomic mass is 10.2. The fraction of sp³-hybridized carbons (Fsp3) is 0.167. The van der Waals surface area contributed by atoms with Gasteiger partial charge in [0, 0.05) is 6.07 Å². The van der Waals surface area contributed by atoms with Crippen molar-refractivity contribution in [2.24, 2.45) is 22.4 Å². The summed E-state index contributed by atoms with van der Waals surface area (Å²) in [6, 6.07) is 10.7.